The van der Waals surface area contributed by atoms with E-state index in [0.717, 1.165) is 12.1 Å². The topological polar surface area (TPSA) is 43.4 Å². The van der Waals surface area contributed by atoms with Crippen molar-refractivity contribution < 1.29 is 21.9 Å². The second-order valence-electron chi connectivity index (χ2n) is 4.32. The summed E-state index contributed by atoms with van der Waals surface area (Å²) in [6.07, 6.45) is 0.550. The Morgan fingerprint density at radius 1 is 1.32 bits per heavy atom. The molecule has 0 fully saturated rings. The summed E-state index contributed by atoms with van der Waals surface area (Å²) in [5.41, 5.74) is 0.447. The number of hydrogen-bond donors (Lipinski definition) is 0. The van der Waals surface area contributed by atoms with Crippen molar-refractivity contribution in [1.82, 2.24) is 0 Å². The van der Waals surface area contributed by atoms with Crippen molar-refractivity contribution in [3.05, 3.63) is 29.3 Å². The minimum Gasteiger partial charge on any atom is -0.493 e. The molecule has 1 unspecified atom stereocenters. The molecule has 0 aliphatic rings. The van der Waals surface area contributed by atoms with Crippen LogP contribution in [0.5, 0.6) is 5.75 Å². The van der Waals surface area contributed by atoms with Crippen LogP contribution in [0.2, 0.25) is 0 Å². The van der Waals surface area contributed by atoms with Crippen molar-refractivity contribution in [1.29, 1.82) is 0 Å². The van der Waals surface area contributed by atoms with Crippen molar-refractivity contribution in [2.24, 2.45) is 5.92 Å². The molecule has 1 aromatic carbocycles. The van der Waals surface area contributed by atoms with Crippen LogP contribution >= 0.6 is 10.7 Å². The van der Waals surface area contributed by atoms with Crippen LogP contribution in [0.1, 0.15) is 18.9 Å². The third kappa shape index (κ3) is 5.32. The van der Waals surface area contributed by atoms with Gasteiger partial charge in [-0.1, -0.05) is 6.92 Å². The first-order chi connectivity index (χ1) is 8.73. The van der Waals surface area contributed by atoms with Gasteiger partial charge < -0.3 is 4.74 Å². The molecule has 0 saturated heterocycles. The van der Waals surface area contributed by atoms with Gasteiger partial charge in [0.15, 0.2) is 11.6 Å². The standard InChI is InChI=1S/C12H15ClF2O3S/c1-3-9(7-19(13,16)17)6-18-12-5-11(15)10(14)4-8(12)2/h4-5,9H,3,6-7H2,1-2H3. The first kappa shape index (κ1) is 16.2. The van der Waals surface area contributed by atoms with Gasteiger partial charge in [0.05, 0.1) is 12.4 Å². The van der Waals surface area contributed by atoms with Gasteiger partial charge >= 0.3 is 0 Å². The zero-order chi connectivity index (χ0) is 14.6. The monoisotopic (exact) mass is 312 g/mol. The van der Waals surface area contributed by atoms with Crippen LogP contribution in [0.25, 0.3) is 0 Å². The lowest BCUT2D eigenvalue weighted by atomic mass is 10.1. The summed E-state index contributed by atoms with van der Waals surface area (Å²) in [6, 6.07) is 1.98. The molecule has 1 atom stereocenters. The smallest absolute Gasteiger partial charge is 0.232 e. The number of rotatable bonds is 6. The third-order valence-corrected chi connectivity index (χ3v) is 3.95. The maximum absolute atomic E-state index is 13.1. The highest BCUT2D eigenvalue weighted by Gasteiger charge is 2.17. The molecule has 0 radical (unpaired) electrons. The van der Waals surface area contributed by atoms with Crippen LogP contribution in [-0.2, 0) is 9.05 Å². The van der Waals surface area contributed by atoms with Gasteiger partial charge in [0.1, 0.15) is 5.75 Å². The average molecular weight is 313 g/mol. The fraction of sp³-hybridized carbons (Fsp3) is 0.500. The highest BCUT2D eigenvalue weighted by Crippen LogP contribution is 2.22. The Morgan fingerprint density at radius 2 is 1.89 bits per heavy atom. The Kier molecular flexibility index (Phi) is 5.55. The quantitative estimate of drug-likeness (QED) is 0.757. The van der Waals surface area contributed by atoms with Gasteiger partial charge in [-0.15, -0.1) is 0 Å². The number of aryl methyl sites for hydroxylation is 1. The van der Waals surface area contributed by atoms with Crippen molar-refractivity contribution in [3.63, 3.8) is 0 Å². The molecule has 0 spiro atoms. The maximum atomic E-state index is 13.1. The van der Waals surface area contributed by atoms with Crippen LogP contribution < -0.4 is 4.74 Å². The second kappa shape index (κ2) is 6.52. The normalized spacial score (nSPS) is 13.3. The first-order valence-electron chi connectivity index (χ1n) is 5.73. The largest absolute Gasteiger partial charge is 0.493 e. The molecule has 0 bridgehead atoms. The number of benzene rings is 1. The van der Waals surface area contributed by atoms with Crippen LogP contribution in [0.4, 0.5) is 8.78 Å². The predicted octanol–water partition coefficient (Wildman–Crippen LogP) is 3.25. The summed E-state index contributed by atoms with van der Waals surface area (Å²) in [6.45, 7) is 3.46. The van der Waals surface area contributed by atoms with E-state index in [2.05, 4.69) is 0 Å². The van der Waals surface area contributed by atoms with E-state index in [0.29, 0.717) is 12.0 Å². The minimum absolute atomic E-state index is 0.0777. The highest BCUT2D eigenvalue weighted by atomic mass is 35.7. The van der Waals surface area contributed by atoms with Gasteiger partial charge in [0.25, 0.3) is 0 Å². The van der Waals surface area contributed by atoms with Gasteiger partial charge in [0, 0.05) is 22.7 Å². The summed E-state index contributed by atoms with van der Waals surface area (Å²) in [4.78, 5) is 0. The number of hydrogen-bond acceptors (Lipinski definition) is 3. The van der Waals surface area contributed by atoms with Crippen LogP contribution in [0, 0.1) is 24.5 Å². The van der Waals surface area contributed by atoms with E-state index < -0.39 is 20.7 Å². The average Bonchev–Trinajstić information content (AvgIpc) is 2.28. The van der Waals surface area contributed by atoms with Crippen molar-refractivity contribution >= 4 is 19.7 Å². The molecular weight excluding hydrogens is 298 g/mol. The lowest BCUT2D eigenvalue weighted by molar-refractivity contribution is 0.254. The van der Waals surface area contributed by atoms with Crippen molar-refractivity contribution in [3.8, 4) is 5.75 Å². The van der Waals surface area contributed by atoms with Crippen molar-refractivity contribution in [2.75, 3.05) is 12.4 Å². The van der Waals surface area contributed by atoms with Crippen LogP contribution in [0.15, 0.2) is 12.1 Å². The molecule has 3 nitrogen and oxygen atoms in total. The predicted molar refractivity (Wildman–Crippen MR) is 70.0 cm³/mol. The summed E-state index contributed by atoms with van der Waals surface area (Å²) in [7, 11) is 1.57. The molecule has 0 aliphatic heterocycles. The fourth-order valence-corrected chi connectivity index (χ4v) is 2.99. The Hall–Kier alpha value is -0.880. The van der Waals surface area contributed by atoms with Crippen LogP contribution in [-0.4, -0.2) is 20.8 Å². The van der Waals surface area contributed by atoms with E-state index in [-0.39, 0.29) is 24.0 Å². The molecule has 1 aromatic rings. The molecular formula is C12H15ClF2O3S. The SMILES string of the molecule is CCC(COc1cc(F)c(F)cc1C)CS(=O)(=O)Cl. The summed E-state index contributed by atoms with van der Waals surface area (Å²) in [5.74, 6) is -2.26. The van der Waals surface area contributed by atoms with Gasteiger partial charge in [-0.05, 0) is 25.0 Å². The van der Waals surface area contributed by atoms with Crippen molar-refractivity contribution in [2.45, 2.75) is 20.3 Å². The Morgan fingerprint density at radius 3 is 2.42 bits per heavy atom. The molecule has 0 N–H and O–H groups in total. The number of ether oxygens (including phenoxy) is 1. The number of halogens is 3. The van der Waals surface area contributed by atoms with Gasteiger partial charge in [0.2, 0.25) is 9.05 Å². The van der Waals surface area contributed by atoms with E-state index in [1.165, 1.54) is 0 Å². The van der Waals surface area contributed by atoms with E-state index in [1.807, 2.05) is 0 Å². The Labute approximate surface area is 115 Å². The van der Waals surface area contributed by atoms with Crippen LogP contribution in [0.3, 0.4) is 0 Å². The first-order valence-corrected chi connectivity index (χ1v) is 8.21. The Bertz CT molecular complexity index is 546. The molecule has 0 saturated carbocycles. The molecule has 0 aromatic heterocycles. The lowest BCUT2D eigenvalue weighted by Crippen LogP contribution is -2.19. The molecule has 0 aliphatic carbocycles. The molecule has 0 amide bonds. The van der Waals surface area contributed by atoms with E-state index in [1.54, 1.807) is 13.8 Å². The zero-order valence-electron chi connectivity index (χ0n) is 10.6. The third-order valence-electron chi connectivity index (χ3n) is 2.70. The fourth-order valence-electron chi connectivity index (χ4n) is 1.56. The zero-order valence-corrected chi connectivity index (χ0v) is 12.2. The Balaban J connectivity index is 2.73. The van der Waals surface area contributed by atoms with Gasteiger partial charge in [-0.3, -0.25) is 0 Å². The summed E-state index contributed by atoms with van der Waals surface area (Å²) < 4.78 is 53.3. The minimum atomic E-state index is -3.61. The second-order valence-corrected chi connectivity index (χ2v) is 7.14. The summed E-state index contributed by atoms with van der Waals surface area (Å²) in [5, 5.41) is 0. The molecule has 19 heavy (non-hydrogen) atoms. The van der Waals surface area contributed by atoms with Gasteiger partial charge in [-0.25, -0.2) is 17.2 Å². The van der Waals surface area contributed by atoms with E-state index >= 15 is 0 Å². The lowest BCUT2D eigenvalue weighted by Gasteiger charge is -2.15. The maximum Gasteiger partial charge on any atom is 0.232 e. The van der Waals surface area contributed by atoms with E-state index in [9.17, 15) is 17.2 Å². The van der Waals surface area contributed by atoms with E-state index in [4.69, 9.17) is 15.4 Å². The molecule has 108 valence electrons. The molecule has 1 rings (SSSR count). The molecule has 0 heterocycles. The highest BCUT2D eigenvalue weighted by molar-refractivity contribution is 8.13. The summed E-state index contributed by atoms with van der Waals surface area (Å²) >= 11 is 0. The molecule has 7 heteroatoms. The van der Waals surface area contributed by atoms with Gasteiger partial charge in [-0.2, -0.15) is 0 Å².